The van der Waals surface area contributed by atoms with Gasteiger partial charge in [0.25, 0.3) is 0 Å². The molecule has 2 N–H and O–H groups in total. The van der Waals surface area contributed by atoms with Crippen molar-refractivity contribution in [1.29, 1.82) is 0 Å². The van der Waals surface area contributed by atoms with Crippen molar-refractivity contribution in [3.05, 3.63) is 64.9 Å². The van der Waals surface area contributed by atoms with Crippen LogP contribution in [-0.2, 0) is 4.79 Å². The molecule has 1 aromatic carbocycles. The third kappa shape index (κ3) is 1.88. The molecule has 1 atom stereocenters. The van der Waals surface area contributed by atoms with Gasteiger partial charge in [0.05, 0.1) is 5.69 Å². The van der Waals surface area contributed by atoms with Gasteiger partial charge in [-0.2, -0.15) is 5.10 Å². The third-order valence-corrected chi connectivity index (χ3v) is 3.97. The highest BCUT2D eigenvalue weighted by molar-refractivity contribution is 5.96. The van der Waals surface area contributed by atoms with Crippen molar-refractivity contribution in [2.24, 2.45) is 0 Å². The molecule has 0 fully saturated rings. The van der Waals surface area contributed by atoms with Crippen LogP contribution in [0.1, 0.15) is 29.2 Å². The van der Waals surface area contributed by atoms with E-state index in [4.69, 9.17) is 0 Å². The number of nitrogens with zero attached hydrogens (tertiary/aromatic N) is 1. The van der Waals surface area contributed by atoms with Crippen molar-refractivity contribution in [3.8, 4) is 0 Å². The number of anilines is 1. The van der Waals surface area contributed by atoms with E-state index in [-0.39, 0.29) is 17.9 Å². The SMILES string of the molecule is O=C1CC(c2cc(F)ccc2F)c2c(n[nH]c2C2=CC=C2)N1. The molecule has 0 radical (unpaired) electrons. The highest BCUT2D eigenvalue weighted by Crippen LogP contribution is 2.42. The molecule has 2 heterocycles. The summed E-state index contributed by atoms with van der Waals surface area (Å²) in [7, 11) is 0. The summed E-state index contributed by atoms with van der Waals surface area (Å²) in [5.41, 5.74) is 2.51. The average molecular weight is 299 g/mol. The fourth-order valence-electron chi connectivity index (χ4n) is 2.88. The number of aromatic amines is 1. The topological polar surface area (TPSA) is 57.8 Å². The van der Waals surface area contributed by atoms with Gasteiger partial charge in [-0.25, -0.2) is 8.78 Å². The Bertz CT molecular complexity index is 851. The van der Waals surface area contributed by atoms with E-state index >= 15 is 0 Å². The van der Waals surface area contributed by atoms with Gasteiger partial charge in [0.1, 0.15) is 11.6 Å². The first-order valence-corrected chi connectivity index (χ1v) is 6.85. The first-order chi connectivity index (χ1) is 10.6. The zero-order valence-corrected chi connectivity index (χ0v) is 11.4. The van der Waals surface area contributed by atoms with Crippen LogP contribution in [0, 0.1) is 11.6 Å². The summed E-state index contributed by atoms with van der Waals surface area (Å²) in [6.45, 7) is 0. The fourth-order valence-corrected chi connectivity index (χ4v) is 2.88. The Labute approximate surface area is 124 Å². The van der Waals surface area contributed by atoms with E-state index in [9.17, 15) is 13.6 Å². The van der Waals surface area contributed by atoms with E-state index in [2.05, 4.69) is 15.5 Å². The molecule has 2 aliphatic rings. The van der Waals surface area contributed by atoms with Gasteiger partial charge < -0.3 is 5.32 Å². The number of aromatic nitrogens is 2. The summed E-state index contributed by atoms with van der Waals surface area (Å²) in [6.07, 6.45) is 5.71. The average Bonchev–Trinajstić information content (AvgIpc) is 2.82. The molecule has 1 unspecified atom stereocenters. The Balaban J connectivity index is 1.89. The summed E-state index contributed by atoms with van der Waals surface area (Å²) >= 11 is 0. The number of hydrogen-bond donors (Lipinski definition) is 2. The van der Waals surface area contributed by atoms with Gasteiger partial charge in [-0.05, 0) is 29.3 Å². The standard InChI is InChI=1S/C16H11F2N3O/c17-9-4-5-12(18)10(6-9)11-7-13(22)19-16-14(11)15(20-21-16)8-2-1-3-8/h1-6,11H,7H2,(H2,19,20,21,22). The smallest absolute Gasteiger partial charge is 0.226 e. The quantitative estimate of drug-likeness (QED) is 0.895. The van der Waals surface area contributed by atoms with Crippen LogP contribution in [0.4, 0.5) is 14.6 Å². The Morgan fingerprint density at radius 2 is 2.09 bits per heavy atom. The zero-order chi connectivity index (χ0) is 15.3. The van der Waals surface area contributed by atoms with Gasteiger partial charge in [-0.1, -0.05) is 18.2 Å². The second-order valence-electron chi connectivity index (χ2n) is 5.31. The zero-order valence-electron chi connectivity index (χ0n) is 11.4. The van der Waals surface area contributed by atoms with E-state index in [1.54, 1.807) is 0 Å². The number of H-pyrrole nitrogens is 1. The van der Waals surface area contributed by atoms with Crippen LogP contribution >= 0.6 is 0 Å². The third-order valence-electron chi connectivity index (χ3n) is 3.97. The maximum absolute atomic E-state index is 14.2. The van der Waals surface area contributed by atoms with Crippen LogP contribution in [0.5, 0.6) is 0 Å². The van der Waals surface area contributed by atoms with Crippen LogP contribution < -0.4 is 5.32 Å². The fraction of sp³-hybridized carbons (Fsp3) is 0.125. The van der Waals surface area contributed by atoms with Gasteiger partial charge in [0.2, 0.25) is 5.91 Å². The maximum atomic E-state index is 14.2. The molecule has 0 saturated heterocycles. The molecule has 6 heteroatoms. The minimum atomic E-state index is -0.567. The van der Waals surface area contributed by atoms with Crippen molar-refractivity contribution in [3.63, 3.8) is 0 Å². The van der Waals surface area contributed by atoms with Crippen LogP contribution in [0.15, 0.2) is 36.4 Å². The summed E-state index contributed by atoms with van der Waals surface area (Å²) in [6, 6.07) is 3.29. The van der Waals surface area contributed by atoms with Crippen molar-refractivity contribution in [2.75, 3.05) is 5.32 Å². The number of halogens is 2. The van der Waals surface area contributed by atoms with E-state index in [0.717, 1.165) is 29.5 Å². The number of benzene rings is 1. The van der Waals surface area contributed by atoms with E-state index in [1.165, 1.54) is 0 Å². The molecule has 1 aliphatic heterocycles. The summed E-state index contributed by atoms with van der Waals surface area (Å²) < 4.78 is 27.7. The predicted octanol–water partition coefficient (Wildman–Crippen LogP) is 3.12. The number of rotatable bonds is 2. The lowest BCUT2D eigenvalue weighted by Gasteiger charge is -2.24. The van der Waals surface area contributed by atoms with Gasteiger partial charge >= 0.3 is 0 Å². The minimum absolute atomic E-state index is 0.0525. The number of carbonyl (C=O) groups excluding carboxylic acids is 1. The van der Waals surface area contributed by atoms with Gasteiger partial charge in [0.15, 0.2) is 5.82 Å². The van der Waals surface area contributed by atoms with Crippen molar-refractivity contribution >= 4 is 17.3 Å². The van der Waals surface area contributed by atoms with E-state index in [1.807, 2.05) is 18.2 Å². The number of fused-ring (bicyclic) bond motifs is 1. The van der Waals surface area contributed by atoms with E-state index < -0.39 is 17.6 Å². The molecule has 0 spiro atoms. The highest BCUT2D eigenvalue weighted by atomic mass is 19.1. The summed E-state index contributed by atoms with van der Waals surface area (Å²) in [4.78, 5) is 11.9. The molecule has 1 amide bonds. The van der Waals surface area contributed by atoms with Crippen molar-refractivity contribution in [1.82, 2.24) is 10.2 Å². The monoisotopic (exact) mass is 299 g/mol. The normalized spacial score (nSPS) is 19.3. The molecule has 0 bridgehead atoms. The number of allylic oxidation sites excluding steroid dienone is 4. The number of hydrogen-bond acceptors (Lipinski definition) is 2. The lowest BCUT2D eigenvalue weighted by molar-refractivity contribution is -0.116. The van der Waals surface area contributed by atoms with Crippen molar-refractivity contribution < 1.29 is 13.6 Å². The van der Waals surface area contributed by atoms with Crippen LogP contribution in [0.2, 0.25) is 0 Å². The Hall–Kier alpha value is -2.76. The maximum Gasteiger partial charge on any atom is 0.226 e. The first-order valence-electron chi connectivity index (χ1n) is 6.85. The Kier molecular flexibility index (Phi) is 2.72. The molecule has 0 saturated carbocycles. The van der Waals surface area contributed by atoms with E-state index in [0.29, 0.717) is 11.4 Å². The molecule has 4 rings (SSSR count). The largest absolute Gasteiger partial charge is 0.309 e. The first kappa shape index (κ1) is 12.9. The second kappa shape index (κ2) is 4.62. The summed E-state index contributed by atoms with van der Waals surface area (Å²) in [5.74, 6) is -1.52. The van der Waals surface area contributed by atoms with Crippen LogP contribution in [0.3, 0.4) is 0 Å². The van der Waals surface area contributed by atoms with Crippen molar-refractivity contribution in [2.45, 2.75) is 12.3 Å². The predicted molar refractivity (Wildman–Crippen MR) is 77.2 cm³/mol. The Morgan fingerprint density at radius 1 is 1.27 bits per heavy atom. The second-order valence-corrected chi connectivity index (χ2v) is 5.31. The molecule has 1 aliphatic carbocycles. The number of amides is 1. The van der Waals surface area contributed by atoms with Gasteiger partial charge in [0, 0.05) is 17.9 Å². The van der Waals surface area contributed by atoms with Crippen LogP contribution in [0.25, 0.3) is 5.57 Å². The molecule has 4 nitrogen and oxygen atoms in total. The molecular formula is C16H11F2N3O. The molecular weight excluding hydrogens is 288 g/mol. The lowest BCUT2D eigenvalue weighted by Crippen LogP contribution is -2.24. The summed E-state index contributed by atoms with van der Waals surface area (Å²) in [5, 5.41) is 9.63. The molecule has 110 valence electrons. The highest BCUT2D eigenvalue weighted by Gasteiger charge is 2.34. The number of nitrogens with one attached hydrogen (secondary N) is 2. The van der Waals surface area contributed by atoms with Crippen LogP contribution in [-0.4, -0.2) is 16.1 Å². The minimum Gasteiger partial charge on any atom is -0.309 e. The molecule has 2 aromatic rings. The lowest BCUT2D eigenvalue weighted by atomic mass is 9.83. The number of carbonyl (C=O) groups is 1. The molecule has 22 heavy (non-hydrogen) atoms. The van der Waals surface area contributed by atoms with Gasteiger partial charge in [-0.15, -0.1) is 0 Å². The Morgan fingerprint density at radius 3 is 2.82 bits per heavy atom. The van der Waals surface area contributed by atoms with Gasteiger partial charge in [-0.3, -0.25) is 9.89 Å². The molecule has 1 aromatic heterocycles.